The van der Waals surface area contributed by atoms with Gasteiger partial charge in [-0.15, -0.1) is 11.3 Å². The molecule has 0 aliphatic carbocycles. The predicted molar refractivity (Wildman–Crippen MR) is 77.7 cm³/mol. The van der Waals surface area contributed by atoms with E-state index < -0.39 is 0 Å². The van der Waals surface area contributed by atoms with Gasteiger partial charge in [-0.2, -0.15) is 0 Å². The van der Waals surface area contributed by atoms with Gasteiger partial charge >= 0.3 is 0 Å². The first-order valence-electron chi connectivity index (χ1n) is 6.58. The van der Waals surface area contributed by atoms with Crippen molar-refractivity contribution < 1.29 is 0 Å². The van der Waals surface area contributed by atoms with Crippen LogP contribution in [-0.2, 0) is 0 Å². The summed E-state index contributed by atoms with van der Waals surface area (Å²) in [4.78, 5) is 3.84. The first-order valence-corrected chi connectivity index (χ1v) is 7.46. The quantitative estimate of drug-likeness (QED) is 0.765. The molecule has 0 bridgehead atoms. The molecule has 2 unspecified atom stereocenters. The van der Waals surface area contributed by atoms with Gasteiger partial charge in [-0.1, -0.05) is 26.3 Å². The minimum Gasteiger partial charge on any atom is -0.308 e. The number of nitrogens with zero attached hydrogens (tertiary/aromatic N) is 1. The maximum absolute atomic E-state index is 3.58. The van der Waals surface area contributed by atoms with Gasteiger partial charge in [-0.25, -0.2) is 0 Å². The van der Waals surface area contributed by atoms with Crippen molar-refractivity contribution in [2.24, 2.45) is 5.92 Å². The zero-order chi connectivity index (χ0) is 12.7. The summed E-state index contributed by atoms with van der Waals surface area (Å²) >= 11 is 1.83. The second-order valence-electron chi connectivity index (χ2n) is 4.97. The van der Waals surface area contributed by atoms with Crippen molar-refractivity contribution in [1.82, 2.24) is 10.2 Å². The summed E-state index contributed by atoms with van der Waals surface area (Å²) in [6.45, 7) is 10.2. The lowest BCUT2D eigenvalue weighted by molar-refractivity contribution is 0.278. The molecule has 0 amide bonds. The van der Waals surface area contributed by atoms with Gasteiger partial charge in [0.25, 0.3) is 0 Å². The molecule has 0 radical (unpaired) electrons. The molecular weight excluding hydrogens is 228 g/mol. The van der Waals surface area contributed by atoms with E-state index in [4.69, 9.17) is 0 Å². The fourth-order valence-corrected chi connectivity index (χ4v) is 2.62. The molecule has 3 heteroatoms. The van der Waals surface area contributed by atoms with Gasteiger partial charge in [0.15, 0.2) is 0 Å². The highest BCUT2D eigenvalue weighted by Crippen LogP contribution is 2.17. The van der Waals surface area contributed by atoms with Crippen molar-refractivity contribution in [3.63, 3.8) is 0 Å². The fraction of sp³-hybridized carbons (Fsp3) is 0.714. The van der Waals surface area contributed by atoms with Crippen LogP contribution in [0.5, 0.6) is 0 Å². The molecule has 1 aromatic heterocycles. The van der Waals surface area contributed by atoms with E-state index in [-0.39, 0.29) is 0 Å². The van der Waals surface area contributed by atoms with Gasteiger partial charge in [0.1, 0.15) is 0 Å². The average Bonchev–Trinajstić information content (AvgIpc) is 2.82. The van der Waals surface area contributed by atoms with Crippen LogP contribution >= 0.6 is 11.3 Å². The zero-order valence-electron chi connectivity index (χ0n) is 11.6. The summed E-state index contributed by atoms with van der Waals surface area (Å²) in [6, 6.07) is 4.80. The largest absolute Gasteiger partial charge is 0.308 e. The molecule has 0 aromatic carbocycles. The zero-order valence-corrected chi connectivity index (χ0v) is 12.4. The Morgan fingerprint density at radius 2 is 2.18 bits per heavy atom. The highest BCUT2D eigenvalue weighted by molar-refractivity contribution is 7.10. The number of rotatable bonds is 8. The highest BCUT2D eigenvalue weighted by Gasteiger charge is 2.07. The molecule has 0 aliphatic rings. The van der Waals surface area contributed by atoms with Gasteiger partial charge in [0, 0.05) is 30.6 Å². The molecule has 1 heterocycles. The van der Waals surface area contributed by atoms with Crippen LogP contribution in [0.1, 0.15) is 38.1 Å². The van der Waals surface area contributed by atoms with Gasteiger partial charge in [-0.05, 0) is 31.3 Å². The van der Waals surface area contributed by atoms with Crippen LogP contribution in [-0.4, -0.2) is 31.6 Å². The molecular formula is C14H26N2S. The molecule has 1 aromatic rings. The van der Waals surface area contributed by atoms with Crippen LogP contribution in [0.2, 0.25) is 0 Å². The van der Waals surface area contributed by atoms with Crippen LogP contribution in [0.3, 0.4) is 0 Å². The van der Waals surface area contributed by atoms with Gasteiger partial charge in [0.05, 0.1) is 0 Å². The lowest BCUT2D eigenvalue weighted by Crippen LogP contribution is -2.32. The van der Waals surface area contributed by atoms with E-state index in [1.165, 1.54) is 17.8 Å². The summed E-state index contributed by atoms with van der Waals surface area (Å²) in [5.41, 5.74) is 0. The first kappa shape index (κ1) is 14.7. The molecule has 0 saturated carbocycles. The van der Waals surface area contributed by atoms with E-state index in [1.54, 1.807) is 0 Å². The smallest absolute Gasteiger partial charge is 0.0386 e. The SMILES string of the molecule is CCC(C)CN(C)CCNC(C)c1cccs1. The molecule has 1 N–H and O–H groups in total. The molecule has 17 heavy (non-hydrogen) atoms. The Kier molecular flexibility index (Phi) is 6.78. The van der Waals surface area contributed by atoms with E-state index in [1.807, 2.05) is 11.3 Å². The summed E-state index contributed by atoms with van der Waals surface area (Å²) in [6.07, 6.45) is 1.27. The standard InChI is InChI=1S/C14H26N2S/c1-5-12(2)11-16(4)9-8-15-13(3)14-7-6-10-17-14/h6-7,10,12-13,15H,5,8-9,11H2,1-4H3. The highest BCUT2D eigenvalue weighted by atomic mass is 32.1. The van der Waals surface area contributed by atoms with Crippen LogP contribution in [0.15, 0.2) is 17.5 Å². The van der Waals surface area contributed by atoms with Crippen molar-refractivity contribution in [2.45, 2.75) is 33.2 Å². The van der Waals surface area contributed by atoms with Crippen molar-refractivity contribution in [1.29, 1.82) is 0 Å². The molecule has 1 rings (SSSR count). The van der Waals surface area contributed by atoms with Gasteiger partial charge < -0.3 is 10.2 Å². The molecule has 0 aliphatic heterocycles. The van der Waals surface area contributed by atoms with Crippen LogP contribution < -0.4 is 5.32 Å². The maximum Gasteiger partial charge on any atom is 0.0386 e. The fourth-order valence-electron chi connectivity index (χ4n) is 1.86. The summed E-state index contributed by atoms with van der Waals surface area (Å²) in [5.74, 6) is 0.801. The average molecular weight is 254 g/mol. The van der Waals surface area contributed by atoms with Crippen LogP contribution in [0.25, 0.3) is 0 Å². The summed E-state index contributed by atoms with van der Waals surface area (Å²) in [7, 11) is 2.21. The Morgan fingerprint density at radius 3 is 2.76 bits per heavy atom. The molecule has 2 atom stereocenters. The number of hydrogen-bond acceptors (Lipinski definition) is 3. The molecule has 0 spiro atoms. The number of thiophene rings is 1. The van der Waals surface area contributed by atoms with E-state index in [0.717, 1.165) is 19.0 Å². The Balaban J connectivity index is 2.15. The van der Waals surface area contributed by atoms with Crippen molar-refractivity contribution in [3.05, 3.63) is 22.4 Å². The molecule has 0 fully saturated rings. The second kappa shape index (κ2) is 7.85. The lowest BCUT2D eigenvalue weighted by atomic mass is 10.1. The van der Waals surface area contributed by atoms with Crippen LogP contribution in [0.4, 0.5) is 0 Å². The third kappa shape index (κ3) is 5.66. The minimum absolute atomic E-state index is 0.479. The molecule has 0 saturated heterocycles. The first-order chi connectivity index (χ1) is 8.13. The normalized spacial score (nSPS) is 15.1. The van der Waals surface area contributed by atoms with Gasteiger partial charge in [0.2, 0.25) is 0 Å². The Bertz CT molecular complexity index is 284. The Labute approximate surface area is 110 Å². The van der Waals surface area contributed by atoms with Crippen molar-refractivity contribution in [3.8, 4) is 0 Å². The van der Waals surface area contributed by atoms with Gasteiger partial charge in [-0.3, -0.25) is 0 Å². The van der Waals surface area contributed by atoms with E-state index in [2.05, 4.69) is 55.5 Å². The minimum atomic E-state index is 0.479. The third-order valence-electron chi connectivity index (χ3n) is 3.23. The molecule has 98 valence electrons. The number of likely N-dealkylation sites (N-methyl/N-ethyl adjacent to an activating group) is 1. The summed E-state index contributed by atoms with van der Waals surface area (Å²) in [5, 5.41) is 5.72. The van der Waals surface area contributed by atoms with Crippen molar-refractivity contribution in [2.75, 3.05) is 26.7 Å². The summed E-state index contributed by atoms with van der Waals surface area (Å²) < 4.78 is 0. The third-order valence-corrected chi connectivity index (χ3v) is 4.29. The van der Waals surface area contributed by atoms with Crippen LogP contribution in [0, 0.1) is 5.92 Å². The number of hydrogen-bond donors (Lipinski definition) is 1. The maximum atomic E-state index is 3.58. The lowest BCUT2D eigenvalue weighted by Gasteiger charge is -2.21. The van der Waals surface area contributed by atoms with Crippen molar-refractivity contribution >= 4 is 11.3 Å². The topological polar surface area (TPSA) is 15.3 Å². The monoisotopic (exact) mass is 254 g/mol. The predicted octanol–water partition coefficient (Wildman–Crippen LogP) is 3.38. The van der Waals surface area contributed by atoms with E-state index in [9.17, 15) is 0 Å². The van der Waals surface area contributed by atoms with E-state index >= 15 is 0 Å². The Hall–Kier alpha value is -0.380. The second-order valence-corrected chi connectivity index (χ2v) is 5.95. The Morgan fingerprint density at radius 1 is 1.41 bits per heavy atom. The number of nitrogens with one attached hydrogen (secondary N) is 1. The van der Waals surface area contributed by atoms with E-state index in [0.29, 0.717) is 6.04 Å². The molecule has 2 nitrogen and oxygen atoms in total.